The average Bonchev–Trinajstić information content (AvgIpc) is 2.78. The van der Waals surface area contributed by atoms with Gasteiger partial charge in [-0.25, -0.2) is 4.68 Å². The first-order valence-electron chi connectivity index (χ1n) is 6.38. The van der Waals surface area contributed by atoms with Crippen molar-refractivity contribution in [3.05, 3.63) is 56.8 Å². The Balaban J connectivity index is 2.41. The SMILES string of the molecule is Cc1cc(C)n(C(=O)/C(C#N)=C/c2ccc(C)c(Br)c2)n1. The number of aryl methyl sites for hydroxylation is 3. The van der Waals surface area contributed by atoms with E-state index in [0.717, 1.165) is 21.3 Å². The van der Waals surface area contributed by atoms with E-state index in [4.69, 9.17) is 0 Å². The summed E-state index contributed by atoms with van der Waals surface area (Å²) in [6.07, 6.45) is 1.57. The van der Waals surface area contributed by atoms with Crippen LogP contribution < -0.4 is 0 Å². The predicted molar refractivity (Wildman–Crippen MR) is 84.8 cm³/mol. The lowest BCUT2D eigenvalue weighted by Crippen LogP contribution is -2.15. The van der Waals surface area contributed by atoms with E-state index >= 15 is 0 Å². The van der Waals surface area contributed by atoms with Crippen molar-refractivity contribution in [3.8, 4) is 6.07 Å². The van der Waals surface area contributed by atoms with Crippen LogP contribution in [0.15, 0.2) is 34.3 Å². The molecule has 2 rings (SSSR count). The van der Waals surface area contributed by atoms with Gasteiger partial charge in [0.1, 0.15) is 11.6 Å². The summed E-state index contributed by atoms with van der Waals surface area (Å²) in [5.74, 6) is -0.417. The molecule has 1 heterocycles. The highest BCUT2D eigenvalue weighted by molar-refractivity contribution is 9.10. The average molecular weight is 344 g/mol. The number of carbonyl (C=O) groups is 1. The normalized spacial score (nSPS) is 11.3. The fourth-order valence-electron chi connectivity index (χ4n) is 1.96. The van der Waals surface area contributed by atoms with Gasteiger partial charge in [0.05, 0.1) is 5.69 Å². The Morgan fingerprint density at radius 3 is 2.57 bits per heavy atom. The van der Waals surface area contributed by atoms with Gasteiger partial charge in [-0.05, 0) is 50.1 Å². The minimum atomic E-state index is -0.417. The van der Waals surface area contributed by atoms with E-state index in [1.807, 2.05) is 38.1 Å². The number of allylic oxidation sites excluding steroid dienone is 1. The Kier molecular flexibility index (Phi) is 4.39. The van der Waals surface area contributed by atoms with Crippen LogP contribution in [0.3, 0.4) is 0 Å². The summed E-state index contributed by atoms with van der Waals surface area (Å²) in [7, 11) is 0. The van der Waals surface area contributed by atoms with Gasteiger partial charge in [0, 0.05) is 10.2 Å². The molecule has 0 aliphatic carbocycles. The van der Waals surface area contributed by atoms with Gasteiger partial charge < -0.3 is 0 Å². The molecule has 106 valence electrons. The van der Waals surface area contributed by atoms with Crippen molar-refractivity contribution < 1.29 is 4.79 Å². The Morgan fingerprint density at radius 1 is 1.33 bits per heavy atom. The number of hydrogen-bond acceptors (Lipinski definition) is 3. The minimum absolute atomic E-state index is 0.0527. The summed E-state index contributed by atoms with van der Waals surface area (Å²) in [6.45, 7) is 5.57. The molecule has 21 heavy (non-hydrogen) atoms. The molecule has 2 aromatic rings. The first-order chi connectivity index (χ1) is 9.92. The van der Waals surface area contributed by atoms with Crippen LogP contribution in [0.1, 0.15) is 27.3 Å². The Hall–Kier alpha value is -2.19. The summed E-state index contributed by atoms with van der Waals surface area (Å²) >= 11 is 3.44. The number of nitriles is 1. The Labute approximate surface area is 131 Å². The zero-order valence-electron chi connectivity index (χ0n) is 12.0. The zero-order valence-corrected chi connectivity index (χ0v) is 13.6. The van der Waals surface area contributed by atoms with Crippen LogP contribution in [-0.4, -0.2) is 15.7 Å². The minimum Gasteiger partial charge on any atom is -0.266 e. The van der Waals surface area contributed by atoms with Crippen molar-refractivity contribution in [1.82, 2.24) is 9.78 Å². The van der Waals surface area contributed by atoms with Gasteiger partial charge in [-0.15, -0.1) is 0 Å². The monoisotopic (exact) mass is 343 g/mol. The van der Waals surface area contributed by atoms with Crippen molar-refractivity contribution >= 4 is 27.9 Å². The first-order valence-corrected chi connectivity index (χ1v) is 7.17. The van der Waals surface area contributed by atoms with Gasteiger partial charge in [0.25, 0.3) is 5.91 Å². The predicted octanol–water partition coefficient (Wildman–Crippen LogP) is 3.82. The molecule has 5 heteroatoms. The molecule has 0 unspecified atom stereocenters. The van der Waals surface area contributed by atoms with E-state index < -0.39 is 5.91 Å². The fourth-order valence-corrected chi connectivity index (χ4v) is 2.35. The molecule has 1 aromatic carbocycles. The van der Waals surface area contributed by atoms with Gasteiger partial charge in [0.2, 0.25) is 0 Å². The van der Waals surface area contributed by atoms with Gasteiger partial charge in [-0.1, -0.05) is 28.1 Å². The second-order valence-electron chi connectivity index (χ2n) is 4.82. The second kappa shape index (κ2) is 6.06. The van der Waals surface area contributed by atoms with E-state index in [9.17, 15) is 10.1 Å². The molecule has 1 aromatic heterocycles. The molecule has 0 amide bonds. The third-order valence-corrected chi connectivity index (χ3v) is 3.91. The van der Waals surface area contributed by atoms with E-state index in [1.165, 1.54) is 4.68 Å². The van der Waals surface area contributed by atoms with Gasteiger partial charge in [-0.2, -0.15) is 10.4 Å². The van der Waals surface area contributed by atoms with Crippen molar-refractivity contribution in [1.29, 1.82) is 5.26 Å². The topological polar surface area (TPSA) is 58.7 Å². The smallest absolute Gasteiger partial charge is 0.266 e. The van der Waals surface area contributed by atoms with Crippen molar-refractivity contribution in [2.24, 2.45) is 0 Å². The van der Waals surface area contributed by atoms with Crippen molar-refractivity contribution in [3.63, 3.8) is 0 Å². The summed E-state index contributed by atoms with van der Waals surface area (Å²) in [6, 6.07) is 9.43. The maximum absolute atomic E-state index is 12.4. The number of nitrogens with zero attached hydrogens (tertiary/aromatic N) is 3. The van der Waals surface area contributed by atoms with Crippen molar-refractivity contribution in [2.75, 3.05) is 0 Å². The number of aromatic nitrogens is 2. The van der Waals surface area contributed by atoms with Gasteiger partial charge >= 0.3 is 0 Å². The zero-order chi connectivity index (χ0) is 15.6. The van der Waals surface area contributed by atoms with Crippen LogP contribution >= 0.6 is 15.9 Å². The molecular weight excluding hydrogens is 330 g/mol. The lowest BCUT2D eigenvalue weighted by atomic mass is 10.1. The van der Waals surface area contributed by atoms with E-state index in [1.54, 1.807) is 19.1 Å². The Bertz CT molecular complexity index is 781. The number of hydrogen-bond donors (Lipinski definition) is 0. The lowest BCUT2D eigenvalue weighted by Gasteiger charge is -2.03. The molecule has 0 fully saturated rings. The number of benzene rings is 1. The van der Waals surface area contributed by atoms with Gasteiger partial charge in [-0.3, -0.25) is 4.79 Å². The second-order valence-corrected chi connectivity index (χ2v) is 5.68. The summed E-state index contributed by atoms with van der Waals surface area (Å²) in [5, 5.41) is 13.4. The van der Waals surface area contributed by atoms with Crippen LogP contribution in [-0.2, 0) is 0 Å². The molecule has 0 aliphatic heterocycles. The maximum Gasteiger partial charge on any atom is 0.289 e. The summed E-state index contributed by atoms with van der Waals surface area (Å²) < 4.78 is 2.19. The fraction of sp³-hybridized carbons (Fsp3) is 0.188. The number of carbonyl (C=O) groups excluding carboxylic acids is 1. The molecular formula is C16H14BrN3O. The number of halogens is 1. The molecule has 0 atom stereocenters. The molecule has 0 spiro atoms. The van der Waals surface area contributed by atoms with Gasteiger partial charge in [0.15, 0.2) is 0 Å². The molecule has 0 saturated carbocycles. The van der Waals surface area contributed by atoms with Crippen LogP contribution in [0.2, 0.25) is 0 Å². The summed E-state index contributed by atoms with van der Waals surface area (Å²) in [4.78, 5) is 12.4. The highest BCUT2D eigenvalue weighted by atomic mass is 79.9. The number of rotatable bonds is 2. The quantitative estimate of drug-likeness (QED) is 0.615. The molecule has 0 N–H and O–H groups in total. The molecule has 0 bridgehead atoms. The third kappa shape index (κ3) is 3.29. The standard InChI is InChI=1S/C16H14BrN3O/c1-10-4-5-13(8-15(10)17)7-14(9-18)16(21)20-12(3)6-11(2)19-20/h4-8H,1-3H3/b14-7+. The summed E-state index contributed by atoms with van der Waals surface area (Å²) in [5.41, 5.74) is 3.39. The van der Waals surface area contributed by atoms with E-state index in [-0.39, 0.29) is 5.57 Å². The van der Waals surface area contributed by atoms with Crippen LogP contribution in [0.25, 0.3) is 6.08 Å². The van der Waals surface area contributed by atoms with Crippen LogP contribution in [0.5, 0.6) is 0 Å². The molecule has 0 aliphatic rings. The van der Waals surface area contributed by atoms with E-state index in [2.05, 4.69) is 21.0 Å². The lowest BCUT2D eigenvalue weighted by molar-refractivity contribution is 0.0944. The van der Waals surface area contributed by atoms with Crippen LogP contribution in [0, 0.1) is 32.1 Å². The van der Waals surface area contributed by atoms with Crippen LogP contribution in [0.4, 0.5) is 0 Å². The highest BCUT2D eigenvalue weighted by Crippen LogP contribution is 2.19. The molecule has 0 saturated heterocycles. The molecule has 4 nitrogen and oxygen atoms in total. The van der Waals surface area contributed by atoms with E-state index in [0.29, 0.717) is 5.69 Å². The largest absolute Gasteiger partial charge is 0.289 e. The third-order valence-electron chi connectivity index (χ3n) is 3.06. The Morgan fingerprint density at radius 2 is 2.05 bits per heavy atom. The van der Waals surface area contributed by atoms with Crippen molar-refractivity contribution in [2.45, 2.75) is 20.8 Å². The first kappa shape index (κ1) is 15.2. The maximum atomic E-state index is 12.4. The molecule has 0 radical (unpaired) electrons. The highest BCUT2D eigenvalue weighted by Gasteiger charge is 2.15.